The molecular formula is C21H30N4O2. The minimum atomic E-state index is 0.0407. The Kier molecular flexibility index (Phi) is 6.77. The van der Waals surface area contributed by atoms with E-state index in [1.165, 1.54) is 5.56 Å². The topological polar surface area (TPSA) is 59.6 Å². The fourth-order valence-corrected chi connectivity index (χ4v) is 3.74. The summed E-state index contributed by atoms with van der Waals surface area (Å²) in [7, 11) is 4.25. The van der Waals surface area contributed by atoms with Crippen LogP contribution in [0.5, 0.6) is 0 Å². The van der Waals surface area contributed by atoms with Crippen molar-refractivity contribution < 1.29 is 4.79 Å². The van der Waals surface area contributed by atoms with Crippen LogP contribution in [0.15, 0.2) is 29.1 Å². The third-order valence-electron chi connectivity index (χ3n) is 5.46. The predicted octanol–water partition coefficient (Wildman–Crippen LogP) is 1.34. The number of rotatable bonds is 3. The van der Waals surface area contributed by atoms with Crippen molar-refractivity contribution in [3.63, 3.8) is 0 Å². The number of aromatic amines is 1. The number of fused-ring (bicyclic) bond motifs is 3. The van der Waals surface area contributed by atoms with Gasteiger partial charge >= 0.3 is 0 Å². The van der Waals surface area contributed by atoms with E-state index in [4.69, 9.17) is 0 Å². The van der Waals surface area contributed by atoms with Crippen LogP contribution in [0, 0.1) is 0 Å². The van der Waals surface area contributed by atoms with Gasteiger partial charge in [-0.15, -0.1) is 0 Å². The Balaban J connectivity index is 0.000000168. The fraction of sp³-hybridized carbons (Fsp3) is 0.524. The number of hydrogen-bond acceptors (Lipinski definition) is 5. The zero-order chi connectivity index (χ0) is 19.2. The standard InChI is InChI=1S/C13H14N2O.C8H16N2O/c1-15-7-6-12-11(8-15)9-4-2-3-5-10(9)13(16)14-12;1-9-4-6-10(7-5-9)3-2-8-11/h2-5H,6-8H2,1H3,(H,14,16);8H,2-7H2,1H3. The summed E-state index contributed by atoms with van der Waals surface area (Å²) in [4.78, 5) is 31.9. The first-order valence-electron chi connectivity index (χ1n) is 9.74. The van der Waals surface area contributed by atoms with Crippen LogP contribution in [0.2, 0.25) is 0 Å². The van der Waals surface area contributed by atoms with Crippen molar-refractivity contribution in [2.45, 2.75) is 19.4 Å². The van der Waals surface area contributed by atoms with E-state index in [0.29, 0.717) is 6.42 Å². The van der Waals surface area contributed by atoms with E-state index < -0.39 is 0 Å². The van der Waals surface area contributed by atoms with E-state index >= 15 is 0 Å². The van der Waals surface area contributed by atoms with E-state index in [1.54, 1.807) is 0 Å². The third-order valence-corrected chi connectivity index (χ3v) is 5.46. The molecule has 0 amide bonds. The minimum absolute atomic E-state index is 0.0407. The molecule has 1 saturated heterocycles. The zero-order valence-corrected chi connectivity index (χ0v) is 16.4. The maximum absolute atomic E-state index is 11.9. The molecule has 2 aliphatic rings. The van der Waals surface area contributed by atoms with Crippen molar-refractivity contribution in [2.75, 3.05) is 53.4 Å². The number of pyridine rings is 1. The number of likely N-dealkylation sites (N-methyl/N-ethyl adjacent to an activating group) is 2. The molecule has 0 atom stereocenters. The second-order valence-corrected chi connectivity index (χ2v) is 7.54. The fourth-order valence-electron chi connectivity index (χ4n) is 3.74. The van der Waals surface area contributed by atoms with Gasteiger partial charge in [0.15, 0.2) is 0 Å². The molecule has 6 nitrogen and oxygen atoms in total. The highest BCUT2D eigenvalue weighted by molar-refractivity contribution is 5.85. The molecule has 6 heteroatoms. The van der Waals surface area contributed by atoms with Gasteiger partial charge in [-0.1, -0.05) is 18.2 Å². The molecule has 2 aliphatic heterocycles. The monoisotopic (exact) mass is 370 g/mol. The number of aromatic nitrogens is 1. The van der Waals surface area contributed by atoms with Gasteiger partial charge in [0.2, 0.25) is 0 Å². The average Bonchev–Trinajstić information content (AvgIpc) is 2.69. The number of carbonyl (C=O) groups is 1. The van der Waals surface area contributed by atoms with E-state index in [1.807, 2.05) is 24.3 Å². The van der Waals surface area contributed by atoms with Crippen LogP contribution in [-0.2, 0) is 17.8 Å². The number of nitrogens with one attached hydrogen (secondary N) is 1. The second-order valence-electron chi connectivity index (χ2n) is 7.54. The summed E-state index contributed by atoms with van der Waals surface area (Å²) in [5, 5.41) is 1.91. The van der Waals surface area contributed by atoms with Crippen molar-refractivity contribution in [1.82, 2.24) is 19.7 Å². The van der Waals surface area contributed by atoms with E-state index in [-0.39, 0.29) is 5.56 Å². The van der Waals surface area contributed by atoms with Gasteiger partial charge in [-0.2, -0.15) is 0 Å². The van der Waals surface area contributed by atoms with Gasteiger partial charge in [0.05, 0.1) is 0 Å². The highest BCUT2D eigenvalue weighted by atomic mass is 16.1. The number of benzene rings is 1. The Hall–Kier alpha value is -2.02. The number of aldehydes is 1. The SMILES string of the molecule is CN1CCN(CCC=O)CC1.CN1CCc2[nH]c(=O)c3ccccc3c2C1. The maximum Gasteiger partial charge on any atom is 0.256 e. The van der Waals surface area contributed by atoms with Gasteiger partial charge in [-0.3, -0.25) is 4.79 Å². The summed E-state index contributed by atoms with van der Waals surface area (Å²) in [6.07, 6.45) is 2.62. The second kappa shape index (κ2) is 9.26. The van der Waals surface area contributed by atoms with Gasteiger partial charge < -0.3 is 24.5 Å². The molecule has 0 saturated carbocycles. The lowest BCUT2D eigenvalue weighted by Crippen LogP contribution is -2.44. The largest absolute Gasteiger partial charge is 0.325 e. The Bertz CT molecular complexity index is 825. The van der Waals surface area contributed by atoms with E-state index in [9.17, 15) is 9.59 Å². The highest BCUT2D eigenvalue weighted by Crippen LogP contribution is 2.22. The van der Waals surface area contributed by atoms with Gasteiger partial charge in [0, 0.05) is 69.7 Å². The lowest BCUT2D eigenvalue weighted by Gasteiger charge is -2.31. The molecule has 0 aliphatic carbocycles. The van der Waals surface area contributed by atoms with E-state index in [2.05, 4.69) is 33.8 Å². The Labute approximate surface area is 160 Å². The molecule has 0 bridgehead atoms. The molecular weight excluding hydrogens is 340 g/mol. The van der Waals surface area contributed by atoms with Crippen molar-refractivity contribution >= 4 is 17.1 Å². The molecule has 1 aromatic carbocycles. The number of carbonyl (C=O) groups excluding carboxylic acids is 1. The van der Waals surface area contributed by atoms with Crippen LogP contribution >= 0.6 is 0 Å². The lowest BCUT2D eigenvalue weighted by molar-refractivity contribution is -0.108. The molecule has 2 aromatic rings. The van der Waals surface area contributed by atoms with Crippen molar-refractivity contribution in [3.05, 3.63) is 45.9 Å². The van der Waals surface area contributed by atoms with Gasteiger partial charge in [-0.25, -0.2) is 0 Å². The summed E-state index contributed by atoms with van der Waals surface area (Å²) in [5.74, 6) is 0. The van der Waals surface area contributed by atoms with Crippen LogP contribution < -0.4 is 5.56 Å². The van der Waals surface area contributed by atoms with Crippen LogP contribution in [0.3, 0.4) is 0 Å². The summed E-state index contributed by atoms with van der Waals surface area (Å²) in [6, 6.07) is 7.85. The number of nitrogens with zero attached hydrogens (tertiary/aromatic N) is 3. The summed E-state index contributed by atoms with van der Waals surface area (Å²) >= 11 is 0. The molecule has 1 N–H and O–H groups in total. The molecule has 146 valence electrons. The van der Waals surface area contributed by atoms with Crippen LogP contribution in [-0.4, -0.2) is 79.3 Å². The summed E-state index contributed by atoms with van der Waals surface area (Å²) < 4.78 is 0. The predicted molar refractivity (Wildman–Crippen MR) is 109 cm³/mol. The summed E-state index contributed by atoms with van der Waals surface area (Å²) in [6.45, 7) is 7.39. The molecule has 0 radical (unpaired) electrons. The zero-order valence-electron chi connectivity index (χ0n) is 16.4. The van der Waals surface area contributed by atoms with Crippen LogP contribution in [0.25, 0.3) is 10.8 Å². The first-order valence-corrected chi connectivity index (χ1v) is 9.74. The summed E-state index contributed by atoms with van der Waals surface area (Å²) in [5.41, 5.74) is 2.43. The molecule has 1 aromatic heterocycles. The normalized spacial score (nSPS) is 18.6. The molecule has 0 unspecified atom stereocenters. The van der Waals surface area contributed by atoms with E-state index in [0.717, 1.165) is 75.0 Å². The molecule has 1 fully saturated rings. The molecule has 4 rings (SSSR count). The third kappa shape index (κ3) is 5.03. The number of piperazine rings is 1. The van der Waals surface area contributed by atoms with Crippen molar-refractivity contribution in [2.24, 2.45) is 0 Å². The van der Waals surface area contributed by atoms with Gasteiger partial charge in [-0.05, 0) is 31.1 Å². The van der Waals surface area contributed by atoms with Gasteiger partial charge in [0.25, 0.3) is 5.56 Å². The van der Waals surface area contributed by atoms with Crippen LogP contribution in [0.4, 0.5) is 0 Å². The Morgan fingerprint density at radius 2 is 1.70 bits per heavy atom. The quantitative estimate of drug-likeness (QED) is 0.827. The first-order chi connectivity index (χ1) is 13.1. The Morgan fingerprint density at radius 1 is 1.00 bits per heavy atom. The Morgan fingerprint density at radius 3 is 2.41 bits per heavy atom. The number of H-pyrrole nitrogens is 1. The highest BCUT2D eigenvalue weighted by Gasteiger charge is 2.17. The van der Waals surface area contributed by atoms with Crippen LogP contribution in [0.1, 0.15) is 17.7 Å². The van der Waals surface area contributed by atoms with Crippen molar-refractivity contribution in [1.29, 1.82) is 0 Å². The minimum Gasteiger partial charge on any atom is -0.325 e. The van der Waals surface area contributed by atoms with Gasteiger partial charge in [0.1, 0.15) is 6.29 Å². The smallest absolute Gasteiger partial charge is 0.256 e. The van der Waals surface area contributed by atoms with Crippen molar-refractivity contribution in [3.8, 4) is 0 Å². The molecule has 3 heterocycles. The molecule has 0 spiro atoms. The first kappa shape index (κ1) is 19.7. The number of hydrogen-bond donors (Lipinski definition) is 1. The average molecular weight is 370 g/mol. The maximum atomic E-state index is 11.9. The lowest BCUT2D eigenvalue weighted by atomic mass is 9.99. The molecule has 27 heavy (non-hydrogen) atoms.